The van der Waals surface area contributed by atoms with E-state index < -0.39 is 11.6 Å². The molecule has 0 spiro atoms. The number of rotatable bonds is 3. The van der Waals surface area contributed by atoms with E-state index in [0.717, 1.165) is 19.5 Å². The number of nitrogens with one attached hydrogen (secondary N) is 1. The number of anilines is 1. The maximum atomic E-state index is 12.0. The molecule has 1 atom stereocenters. The third-order valence-electron chi connectivity index (χ3n) is 3.34. The minimum Gasteiger partial charge on any atom is -0.486 e. The average Bonchev–Trinajstić information content (AvgIpc) is 2.73. The molecule has 5 heteroatoms. The van der Waals surface area contributed by atoms with Gasteiger partial charge in [-0.2, -0.15) is 0 Å². The Morgan fingerprint density at radius 2 is 2.10 bits per heavy atom. The fourth-order valence-electron chi connectivity index (χ4n) is 2.29. The molecule has 116 valence electrons. The van der Waals surface area contributed by atoms with Crippen molar-refractivity contribution in [2.24, 2.45) is 0 Å². The minimum absolute atomic E-state index is 0.222. The molecule has 1 aromatic rings. The molecule has 21 heavy (non-hydrogen) atoms. The van der Waals surface area contributed by atoms with E-state index in [-0.39, 0.29) is 5.60 Å². The zero-order valence-corrected chi connectivity index (χ0v) is 13.2. The van der Waals surface area contributed by atoms with Crippen LogP contribution in [0, 0.1) is 0 Å². The fourth-order valence-corrected chi connectivity index (χ4v) is 2.29. The van der Waals surface area contributed by atoms with E-state index in [1.54, 1.807) is 18.2 Å². The lowest BCUT2D eigenvalue weighted by molar-refractivity contribution is 0.00708. The number of carbonyl (C=O) groups is 1. The van der Waals surface area contributed by atoms with Gasteiger partial charge >= 0.3 is 5.97 Å². The van der Waals surface area contributed by atoms with Gasteiger partial charge in [0.1, 0.15) is 17.0 Å². The molecule has 2 rings (SSSR count). The van der Waals surface area contributed by atoms with Gasteiger partial charge in [0, 0.05) is 24.7 Å². The molecule has 0 aromatic heterocycles. The van der Waals surface area contributed by atoms with Gasteiger partial charge in [-0.05, 0) is 46.4 Å². The number of benzene rings is 1. The van der Waals surface area contributed by atoms with Crippen molar-refractivity contribution in [3.8, 4) is 5.75 Å². The molecular formula is C16H24N2O3. The van der Waals surface area contributed by atoms with Gasteiger partial charge < -0.3 is 20.5 Å². The van der Waals surface area contributed by atoms with Gasteiger partial charge in [-0.25, -0.2) is 4.79 Å². The lowest BCUT2D eigenvalue weighted by atomic mass is 10.1. The monoisotopic (exact) mass is 292 g/mol. The predicted octanol–water partition coefficient (Wildman–Crippen LogP) is 2.35. The molecule has 0 unspecified atom stereocenters. The molecule has 3 N–H and O–H groups in total. The Balaban J connectivity index is 2.12. The van der Waals surface area contributed by atoms with E-state index >= 15 is 0 Å². The summed E-state index contributed by atoms with van der Waals surface area (Å²) in [5.41, 5.74) is 5.94. The Labute approximate surface area is 125 Å². The van der Waals surface area contributed by atoms with Gasteiger partial charge in [0.2, 0.25) is 0 Å². The summed E-state index contributed by atoms with van der Waals surface area (Å²) < 4.78 is 11.3. The van der Waals surface area contributed by atoms with Crippen molar-refractivity contribution in [3.63, 3.8) is 0 Å². The van der Waals surface area contributed by atoms with Crippen molar-refractivity contribution in [3.05, 3.63) is 23.8 Å². The predicted molar refractivity (Wildman–Crippen MR) is 82.5 cm³/mol. The molecule has 1 aliphatic heterocycles. The van der Waals surface area contributed by atoms with E-state index in [0.29, 0.717) is 17.0 Å². The van der Waals surface area contributed by atoms with Gasteiger partial charge in [-0.15, -0.1) is 0 Å². The van der Waals surface area contributed by atoms with Crippen molar-refractivity contribution < 1.29 is 14.3 Å². The van der Waals surface area contributed by atoms with Gasteiger partial charge in [-0.3, -0.25) is 0 Å². The molecule has 1 saturated heterocycles. The smallest absolute Gasteiger partial charge is 0.340 e. The summed E-state index contributed by atoms with van der Waals surface area (Å²) in [7, 11) is 0. The van der Waals surface area contributed by atoms with Crippen LogP contribution in [-0.4, -0.2) is 30.3 Å². The summed E-state index contributed by atoms with van der Waals surface area (Å²) in [6, 6.07) is 5.10. The Kier molecular flexibility index (Phi) is 4.14. The number of nitrogen functional groups attached to an aromatic ring is 1. The third kappa shape index (κ3) is 4.11. The van der Waals surface area contributed by atoms with Crippen molar-refractivity contribution >= 4 is 11.7 Å². The zero-order valence-electron chi connectivity index (χ0n) is 13.2. The lowest BCUT2D eigenvalue weighted by Gasteiger charge is -2.25. The second kappa shape index (κ2) is 5.56. The van der Waals surface area contributed by atoms with E-state index in [1.165, 1.54) is 0 Å². The Hall–Kier alpha value is -1.75. The highest BCUT2D eigenvalue weighted by molar-refractivity contribution is 5.95. The lowest BCUT2D eigenvalue weighted by Crippen LogP contribution is -2.34. The summed E-state index contributed by atoms with van der Waals surface area (Å²) in [6.07, 6.45) is 0.945. The number of hydrogen-bond acceptors (Lipinski definition) is 5. The van der Waals surface area contributed by atoms with Crippen molar-refractivity contribution in [1.29, 1.82) is 0 Å². The number of hydrogen-bond donors (Lipinski definition) is 2. The second-order valence-corrected chi connectivity index (χ2v) is 6.73. The molecular weight excluding hydrogens is 268 g/mol. The first-order chi connectivity index (χ1) is 9.69. The summed E-state index contributed by atoms with van der Waals surface area (Å²) in [6.45, 7) is 9.29. The standard InChI is InChI=1S/C16H24N2O3/c1-15(2,3)21-14(19)12-6-5-11(9-13(12)17)20-16(4)7-8-18-10-16/h5-6,9,18H,7-8,10,17H2,1-4H3/t16-/m0/s1. The summed E-state index contributed by atoms with van der Waals surface area (Å²) in [5.74, 6) is 0.256. The molecule has 0 radical (unpaired) electrons. The van der Waals surface area contributed by atoms with E-state index in [9.17, 15) is 4.79 Å². The molecule has 0 aliphatic carbocycles. The van der Waals surface area contributed by atoms with Crippen LogP contribution in [0.15, 0.2) is 18.2 Å². The van der Waals surface area contributed by atoms with Crippen molar-refractivity contribution in [2.75, 3.05) is 18.8 Å². The quantitative estimate of drug-likeness (QED) is 0.661. The molecule has 1 aromatic carbocycles. The molecule has 1 fully saturated rings. The highest BCUT2D eigenvalue weighted by atomic mass is 16.6. The van der Waals surface area contributed by atoms with Crippen LogP contribution in [0.3, 0.4) is 0 Å². The van der Waals surface area contributed by atoms with Crippen LogP contribution in [0.1, 0.15) is 44.5 Å². The molecule has 0 amide bonds. The van der Waals surface area contributed by atoms with E-state index in [4.69, 9.17) is 15.2 Å². The second-order valence-electron chi connectivity index (χ2n) is 6.73. The molecule has 0 saturated carbocycles. The summed E-state index contributed by atoms with van der Waals surface area (Å²) in [4.78, 5) is 12.0. The van der Waals surface area contributed by atoms with Crippen LogP contribution in [0.2, 0.25) is 0 Å². The van der Waals surface area contributed by atoms with Gasteiger partial charge in [0.15, 0.2) is 0 Å². The van der Waals surface area contributed by atoms with Gasteiger partial charge in [0.25, 0.3) is 0 Å². The van der Waals surface area contributed by atoms with Crippen LogP contribution in [0.4, 0.5) is 5.69 Å². The van der Waals surface area contributed by atoms with E-state index in [1.807, 2.05) is 20.8 Å². The summed E-state index contributed by atoms with van der Waals surface area (Å²) in [5, 5.41) is 3.27. The van der Waals surface area contributed by atoms with Crippen LogP contribution in [-0.2, 0) is 4.74 Å². The van der Waals surface area contributed by atoms with Gasteiger partial charge in [-0.1, -0.05) is 0 Å². The Bertz CT molecular complexity index is 529. The first kappa shape index (κ1) is 15.6. The van der Waals surface area contributed by atoms with Crippen LogP contribution in [0.25, 0.3) is 0 Å². The van der Waals surface area contributed by atoms with Crippen LogP contribution < -0.4 is 15.8 Å². The van der Waals surface area contributed by atoms with Gasteiger partial charge in [0.05, 0.1) is 5.56 Å². The number of carbonyl (C=O) groups excluding carboxylic acids is 1. The molecule has 5 nitrogen and oxygen atoms in total. The zero-order chi connectivity index (χ0) is 15.7. The maximum Gasteiger partial charge on any atom is 0.340 e. The largest absolute Gasteiger partial charge is 0.486 e. The summed E-state index contributed by atoms with van der Waals surface area (Å²) >= 11 is 0. The molecule has 1 aliphatic rings. The highest BCUT2D eigenvalue weighted by Gasteiger charge is 2.30. The molecule has 0 bridgehead atoms. The maximum absolute atomic E-state index is 12.0. The highest BCUT2D eigenvalue weighted by Crippen LogP contribution is 2.27. The number of esters is 1. The minimum atomic E-state index is -0.540. The van der Waals surface area contributed by atoms with Crippen molar-refractivity contribution in [1.82, 2.24) is 5.32 Å². The van der Waals surface area contributed by atoms with Crippen LogP contribution in [0.5, 0.6) is 5.75 Å². The topological polar surface area (TPSA) is 73.6 Å². The Morgan fingerprint density at radius 3 is 2.62 bits per heavy atom. The van der Waals surface area contributed by atoms with Crippen LogP contribution >= 0.6 is 0 Å². The number of ether oxygens (including phenoxy) is 2. The van der Waals surface area contributed by atoms with E-state index in [2.05, 4.69) is 12.2 Å². The van der Waals surface area contributed by atoms with Crippen molar-refractivity contribution in [2.45, 2.75) is 45.3 Å². The third-order valence-corrected chi connectivity index (χ3v) is 3.34. The average molecular weight is 292 g/mol. The molecule has 1 heterocycles. The SMILES string of the molecule is CC(C)(C)OC(=O)c1ccc(O[C@@]2(C)CCNC2)cc1N. The first-order valence-corrected chi connectivity index (χ1v) is 7.21. The number of nitrogens with two attached hydrogens (primary N) is 1. The fraction of sp³-hybridized carbons (Fsp3) is 0.562. The normalized spacial score (nSPS) is 22.1. The Morgan fingerprint density at radius 1 is 1.38 bits per heavy atom. The first-order valence-electron chi connectivity index (χ1n) is 7.21.